The molecule has 0 bridgehead atoms. The molecule has 2 atom stereocenters. The second kappa shape index (κ2) is 4.43. The van der Waals surface area contributed by atoms with Gasteiger partial charge in [0.05, 0.1) is 0 Å². The highest BCUT2D eigenvalue weighted by molar-refractivity contribution is 4.88. The quantitative estimate of drug-likeness (QED) is 0.702. The number of nitrogens with one attached hydrogen (secondary N) is 1. The summed E-state index contributed by atoms with van der Waals surface area (Å²) in [5, 5.41) is 12.7. The van der Waals surface area contributed by atoms with Gasteiger partial charge in [-0.25, -0.2) is 0 Å². The lowest BCUT2D eigenvalue weighted by Crippen LogP contribution is -2.44. The molecule has 0 saturated heterocycles. The van der Waals surface area contributed by atoms with Crippen molar-refractivity contribution in [2.24, 2.45) is 11.3 Å². The van der Waals surface area contributed by atoms with E-state index in [-0.39, 0.29) is 0 Å². The Morgan fingerprint density at radius 2 is 2.15 bits per heavy atom. The van der Waals surface area contributed by atoms with E-state index in [9.17, 15) is 5.11 Å². The molecule has 2 unspecified atom stereocenters. The summed E-state index contributed by atoms with van der Waals surface area (Å²) in [5.74, 6) is 0.462. The minimum atomic E-state index is 0.334. The lowest BCUT2D eigenvalue weighted by Gasteiger charge is -2.40. The molecule has 2 nitrogen and oxygen atoms in total. The van der Waals surface area contributed by atoms with Gasteiger partial charge in [0.2, 0.25) is 0 Å². The number of hydrogen-bond acceptors (Lipinski definition) is 2. The second-order valence-electron chi connectivity index (χ2n) is 5.01. The van der Waals surface area contributed by atoms with Crippen molar-refractivity contribution >= 4 is 0 Å². The predicted molar refractivity (Wildman–Crippen MR) is 55.7 cm³/mol. The molecule has 0 aromatic heterocycles. The highest BCUT2D eigenvalue weighted by Gasteiger charge is 2.33. The Kier molecular flexibility index (Phi) is 3.74. The fourth-order valence-electron chi connectivity index (χ4n) is 2.46. The first kappa shape index (κ1) is 11.0. The van der Waals surface area contributed by atoms with Gasteiger partial charge < -0.3 is 10.4 Å². The summed E-state index contributed by atoms with van der Waals surface area (Å²) in [5.41, 5.74) is 0.430. The normalized spacial score (nSPS) is 33.2. The van der Waals surface area contributed by atoms with Gasteiger partial charge in [-0.05, 0) is 37.1 Å². The Balaban J connectivity index is 2.50. The fourth-order valence-corrected chi connectivity index (χ4v) is 2.46. The third-order valence-corrected chi connectivity index (χ3v) is 3.22. The van der Waals surface area contributed by atoms with Crippen LogP contribution in [0.4, 0.5) is 0 Å². The largest absolute Gasteiger partial charge is 0.396 e. The van der Waals surface area contributed by atoms with E-state index < -0.39 is 0 Å². The lowest BCUT2D eigenvalue weighted by atomic mass is 9.70. The van der Waals surface area contributed by atoms with Crippen LogP contribution in [0.5, 0.6) is 0 Å². The van der Waals surface area contributed by atoms with Crippen molar-refractivity contribution in [1.82, 2.24) is 5.32 Å². The Morgan fingerprint density at radius 1 is 1.46 bits per heavy atom. The van der Waals surface area contributed by atoms with E-state index in [1.54, 1.807) is 0 Å². The zero-order chi connectivity index (χ0) is 9.90. The van der Waals surface area contributed by atoms with Crippen LogP contribution in [0.1, 0.15) is 40.0 Å². The van der Waals surface area contributed by atoms with E-state index in [0.717, 1.165) is 13.0 Å². The first-order valence-electron chi connectivity index (χ1n) is 5.43. The molecule has 1 rings (SSSR count). The van der Waals surface area contributed by atoms with Crippen LogP contribution in [0, 0.1) is 11.3 Å². The van der Waals surface area contributed by atoms with Crippen LogP contribution >= 0.6 is 0 Å². The smallest absolute Gasteiger partial charge is 0.0474 e. The maximum atomic E-state index is 9.28. The van der Waals surface area contributed by atoms with Gasteiger partial charge in [0, 0.05) is 12.6 Å². The molecule has 2 N–H and O–H groups in total. The molecule has 78 valence electrons. The minimum Gasteiger partial charge on any atom is -0.396 e. The number of aliphatic hydroxyl groups is 1. The molecule has 0 heterocycles. The standard InChI is InChI=1S/C11H23NO/c1-4-12-10-5-6-11(2,3)7-9(10)8-13/h9-10,12-13H,4-8H2,1-3H3. The minimum absolute atomic E-state index is 0.334. The summed E-state index contributed by atoms with van der Waals surface area (Å²) < 4.78 is 0. The van der Waals surface area contributed by atoms with Gasteiger partial charge in [0.25, 0.3) is 0 Å². The highest BCUT2D eigenvalue weighted by atomic mass is 16.3. The van der Waals surface area contributed by atoms with E-state index in [1.807, 2.05) is 0 Å². The van der Waals surface area contributed by atoms with Crippen LogP contribution in [-0.4, -0.2) is 24.3 Å². The summed E-state index contributed by atoms with van der Waals surface area (Å²) in [4.78, 5) is 0. The molecule has 2 heteroatoms. The molecular weight excluding hydrogens is 162 g/mol. The van der Waals surface area contributed by atoms with Crippen molar-refractivity contribution < 1.29 is 5.11 Å². The summed E-state index contributed by atoms with van der Waals surface area (Å²) in [6, 6.07) is 0.544. The monoisotopic (exact) mass is 185 g/mol. The number of hydrogen-bond donors (Lipinski definition) is 2. The number of aliphatic hydroxyl groups excluding tert-OH is 1. The van der Waals surface area contributed by atoms with E-state index in [0.29, 0.717) is 24.0 Å². The Bertz CT molecular complexity index is 156. The van der Waals surface area contributed by atoms with Crippen LogP contribution < -0.4 is 5.32 Å². The van der Waals surface area contributed by atoms with E-state index >= 15 is 0 Å². The summed E-state index contributed by atoms with van der Waals surface area (Å²) in [7, 11) is 0. The molecule has 1 aliphatic rings. The summed E-state index contributed by atoms with van der Waals surface area (Å²) >= 11 is 0. The Labute approximate surface area is 81.7 Å². The van der Waals surface area contributed by atoms with Crippen molar-refractivity contribution in [3.63, 3.8) is 0 Å². The lowest BCUT2D eigenvalue weighted by molar-refractivity contribution is 0.0874. The van der Waals surface area contributed by atoms with Gasteiger partial charge in [0.1, 0.15) is 0 Å². The fraction of sp³-hybridized carbons (Fsp3) is 1.00. The van der Waals surface area contributed by atoms with Gasteiger partial charge in [0.15, 0.2) is 0 Å². The molecule has 0 aromatic carbocycles. The third kappa shape index (κ3) is 2.96. The second-order valence-corrected chi connectivity index (χ2v) is 5.01. The highest BCUT2D eigenvalue weighted by Crippen LogP contribution is 2.38. The van der Waals surface area contributed by atoms with E-state index in [4.69, 9.17) is 0 Å². The molecule has 1 fully saturated rings. The zero-order valence-corrected chi connectivity index (χ0v) is 9.14. The molecular formula is C11H23NO. The van der Waals surface area contributed by atoms with Crippen LogP contribution in [-0.2, 0) is 0 Å². The van der Waals surface area contributed by atoms with Gasteiger partial charge >= 0.3 is 0 Å². The molecule has 0 aliphatic heterocycles. The van der Waals surface area contributed by atoms with Crippen LogP contribution in [0.3, 0.4) is 0 Å². The molecule has 0 aromatic rings. The summed E-state index contributed by atoms with van der Waals surface area (Å²) in [6.45, 7) is 8.09. The molecule has 0 amide bonds. The average Bonchev–Trinajstić information content (AvgIpc) is 2.08. The van der Waals surface area contributed by atoms with Crippen molar-refractivity contribution in [3.05, 3.63) is 0 Å². The van der Waals surface area contributed by atoms with Crippen LogP contribution in [0.15, 0.2) is 0 Å². The Hall–Kier alpha value is -0.0800. The molecule has 0 radical (unpaired) electrons. The zero-order valence-electron chi connectivity index (χ0n) is 9.14. The first-order chi connectivity index (χ1) is 6.09. The topological polar surface area (TPSA) is 32.3 Å². The maximum Gasteiger partial charge on any atom is 0.0474 e. The molecule has 1 aliphatic carbocycles. The number of rotatable bonds is 3. The van der Waals surface area contributed by atoms with Crippen molar-refractivity contribution in [1.29, 1.82) is 0 Å². The average molecular weight is 185 g/mol. The van der Waals surface area contributed by atoms with Gasteiger partial charge in [-0.3, -0.25) is 0 Å². The van der Waals surface area contributed by atoms with Crippen molar-refractivity contribution in [3.8, 4) is 0 Å². The molecule has 13 heavy (non-hydrogen) atoms. The van der Waals surface area contributed by atoms with E-state index in [2.05, 4.69) is 26.1 Å². The van der Waals surface area contributed by atoms with Gasteiger partial charge in [-0.2, -0.15) is 0 Å². The SMILES string of the molecule is CCNC1CCC(C)(C)CC1CO. The Morgan fingerprint density at radius 3 is 2.69 bits per heavy atom. The van der Waals surface area contributed by atoms with Gasteiger partial charge in [-0.1, -0.05) is 20.8 Å². The summed E-state index contributed by atoms with van der Waals surface area (Å²) in [6.07, 6.45) is 3.65. The van der Waals surface area contributed by atoms with Crippen LogP contribution in [0.25, 0.3) is 0 Å². The molecule has 0 spiro atoms. The van der Waals surface area contributed by atoms with E-state index in [1.165, 1.54) is 12.8 Å². The first-order valence-corrected chi connectivity index (χ1v) is 5.43. The van der Waals surface area contributed by atoms with Gasteiger partial charge in [-0.15, -0.1) is 0 Å². The predicted octanol–water partition coefficient (Wildman–Crippen LogP) is 1.78. The maximum absolute atomic E-state index is 9.28. The molecule has 1 saturated carbocycles. The van der Waals surface area contributed by atoms with Crippen molar-refractivity contribution in [2.75, 3.05) is 13.2 Å². The van der Waals surface area contributed by atoms with Crippen molar-refractivity contribution in [2.45, 2.75) is 46.1 Å². The van der Waals surface area contributed by atoms with Crippen LogP contribution in [0.2, 0.25) is 0 Å². The third-order valence-electron chi connectivity index (χ3n) is 3.22.